The van der Waals surface area contributed by atoms with E-state index in [0.717, 1.165) is 103 Å². The Labute approximate surface area is 319 Å². The number of ketones is 1. The molecule has 1 amide bonds. The molecule has 9 nitrogen and oxygen atoms in total. The van der Waals surface area contributed by atoms with Crippen LogP contribution in [0, 0.1) is 56.7 Å². The van der Waals surface area contributed by atoms with Gasteiger partial charge >= 0.3 is 5.97 Å². The van der Waals surface area contributed by atoms with Crippen LogP contribution in [0.3, 0.4) is 0 Å². The minimum absolute atomic E-state index is 0.110. The van der Waals surface area contributed by atoms with Crippen molar-refractivity contribution in [1.82, 2.24) is 10.2 Å². The van der Waals surface area contributed by atoms with Gasteiger partial charge in [-0.2, -0.15) is 0 Å². The van der Waals surface area contributed by atoms with Crippen molar-refractivity contribution in [2.45, 2.75) is 151 Å². The number of ether oxygens (including phenoxy) is 1. The monoisotopic (exact) mass is 741 g/mol. The first kappa shape index (κ1) is 42.1. The van der Waals surface area contributed by atoms with Crippen LogP contribution < -0.4 is 5.32 Å². The second-order valence-electron chi connectivity index (χ2n) is 19.9. The summed E-state index contributed by atoms with van der Waals surface area (Å²) in [6.07, 6.45) is 11.3. The van der Waals surface area contributed by atoms with Gasteiger partial charge in [0.15, 0.2) is 5.78 Å². The van der Waals surface area contributed by atoms with Crippen LogP contribution in [0.4, 0.5) is 0 Å². The highest BCUT2D eigenvalue weighted by molar-refractivity contribution is 6.00. The summed E-state index contributed by atoms with van der Waals surface area (Å²) in [5.74, 6) is 2.18. The number of rotatable bonds is 12. The van der Waals surface area contributed by atoms with Crippen molar-refractivity contribution < 1.29 is 34.1 Å². The van der Waals surface area contributed by atoms with Crippen LogP contribution in [0.2, 0.25) is 0 Å². The molecule has 0 radical (unpaired) electrons. The number of allylic oxidation sites excluding steroid dienone is 1. The lowest BCUT2D eigenvalue weighted by atomic mass is 9.36. The highest BCUT2D eigenvalue weighted by Gasteiger charge is 2.67. The lowest BCUT2D eigenvalue weighted by molar-refractivity contribution is -0.214. The minimum atomic E-state index is -0.718. The molecule has 5 fully saturated rings. The summed E-state index contributed by atoms with van der Waals surface area (Å²) in [4.78, 5) is 52.4. The molecule has 53 heavy (non-hydrogen) atoms. The Morgan fingerprint density at radius 2 is 1.70 bits per heavy atom. The van der Waals surface area contributed by atoms with Gasteiger partial charge in [-0.1, -0.05) is 61.0 Å². The Bertz CT molecular complexity index is 1420. The lowest BCUT2D eigenvalue weighted by Gasteiger charge is -2.69. The van der Waals surface area contributed by atoms with Gasteiger partial charge in [-0.15, -0.1) is 0 Å². The maximum Gasteiger partial charge on any atom is 0.307 e. The van der Waals surface area contributed by atoms with Crippen LogP contribution in [0.15, 0.2) is 11.1 Å². The average molecular weight is 741 g/mol. The van der Waals surface area contributed by atoms with Crippen molar-refractivity contribution in [3.63, 3.8) is 0 Å². The number of esters is 1. The molecule has 300 valence electrons. The largest absolute Gasteiger partial charge is 0.462 e. The highest BCUT2D eigenvalue weighted by atomic mass is 16.5. The second-order valence-corrected chi connectivity index (χ2v) is 19.9. The van der Waals surface area contributed by atoms with Gasteiger partial charge in [-0.3, -0.25) is 14.4 Å². The Hall–Kier alpha value is -2.10. The van der Waals surface area contributed by atoms with Crippen molar-refractivity contribution in [2.75, 3.05) is 33.3 Å². The number of likely N-dealkylation sites (tertiary alicyclic amines) is 1. The molecule has 5 aliphatic carbocycles. The maximum atomic E-state index is 13.9. The van der Waals surface area contributed by atoms with E-state index >= 15 is 0 Å². The average Bonchev–Trinajstić information content (AvgIpc) is 3.66. The summed E-state index contributed by atoms with van der Waals surface area (Å²) in [6.45, 7) is 20.5. The van der Waals surface area contributed by atoms with Gasteiger partial charge in [0.05, 0.1) is 12.5 Å². The predicted molar refractivity (Wildman–Crippen MR) is 207 cm³/mol. The van der Waals surface area contributed by atoms with Gasteiger partial charge in [0.25, 0.3) is 0 Å². The minimum Gasteiger partial charge on any atom is -0.462 e. The standard InChI is InChI=1S/C43H68N2O6.CH4O/c1-27(2)37-30(47)23-43(33(48)25-44-20-10-22-45-21-9-11-35(45)49)19-14-29-28(38(37)43)12-13-32-41(29,7)17-15-31-40(5,6)34(16-18-42(31,32)8)51-36(50)24-39(3,4)26-46;1-2/h26-29,31-34,44,48H,9-25H2,1-8H3;2H,1H3. The van der Waals surface area contributed by atoms with Crippen molar-refractivity contribution in [3.05, 3.63) is 11.1 Å². The third kappa shape index (κ3) is 7.46. The van der Waals surface area contributed by atoms with Crippen molar-refractivity contribution >= 4 is 23.9 Å². The van der Waals surface area contributed by atoms with E-state index in [1.54, 1.807) is 13.8 Å². The first-order valence-electron chi connectivity index (χ1n) is 21.0. The number of carbonyl (C=O) groups excluding carboxylic acids is 4. The number of hydrogen-bond acceptors (Lipinski definition) is 8. The quantitative estimate of drug-likeness (QED) is 0.115. The van der Waals surface area contributed by atoms with Crippen molar-refractivity contribution in [1.29, 1.82) is 0 Å². The van der Waals surface area contributed by atoms with Crippen LogP contribution >= 0.6 is 0 Å². The highest BCUT2D eigenvalue weighted by Crippen LogP contribution is 2.73. The topological polar surface area (TPSA) is 133 Å². The van der Waals surface area contributed by atoms with E-state index in [1.165, 1.54) is 5.57 Å². The summed E-state index contributed by atoms with van der Waals surface area (Å²) in [5, 5.41) is 22.6. The molecule has 6 rings (SSSR count). The fraction of sp³-hybridized carbons (Fsp3) is 0.864. The number of hydrogen-bond donors (Lipinski definition) is 3. The number of Topliss-reactive ketones (excluding diaryl/α,β-unsaturated/α-hetero) is 1. The molecule has 9 heteroatoms. The Morgan fingerprint density at radius 3 is 2.34 bits per heavy atom. The number of aldehydes is 1. The van der Waals surface area contributed by atoms with Crippen LogP contribution in [-0.4, -0.2) is 84.6 Å². The first-order valence-corrected chi connectivity index (χ1v) is 21.0. The zero-order valence-electron chi connectivity index (χ0n) is 34.5. The zero-order chi connectivity index (χ0) is 39.1. The summed E-state index contributed by atoms with van der Waals surface area (Å²) in [5.41, 5.74) is 1.24. The van der Waals surface area contributed by atoms with Crippen LogP contribution in [0.5, 0.6) is 0 Å². The summed E-state index contributed by atoms with van der Waals surface area (Å²) < 4.78 is 6.20. The molecule has 4 saturated carbocycles. The van der Waals surface area contributed by atoms with E-state index in [9.17, 15) is 24.3 Å². The fourth-order valence-electron chi connectivity index (χ4n) is 13.3. The molecular formula is C44H72N2O7. The smallest absolute Gasteiger partial charge is 0.307 e. The molecule has 3 N–H and O–H groups in total. The second kappa shape index (κ2) is 15.8. The normalized spacial score (nSPS) is 36.9. The summed E-state index contributed by atoms with van der Waals surface area (Å²) >= 11 is 0. The van der Waals surface area contributed by atoms with Crippen LogP contribution in [0.25, 0.3) is 0 Å². The number of amides is 1. The van der Waals surface area contributed by atoms with Gasteiger partial charge in [-0.25, -0.2) is 0 Å². The summed E-state index contributed by atoms with van der Waals surface area (Å²) in [7, 11) is 1.00. The molecular weight excluding hydrogens is 668 g/mol. The Kier molecular flexibility index (Phi) is 12.5. The van der Waals surface area contributed by atoms with Crippen molar-refractivity contribution in [3.8, 4) is 0 Å². The number of aliphatic hydroxyl groups is 2. The van der Waals surface area contributed by atoms with Gasteiger partial charge in [0, 0.05) is 55.8 Å². The molecule has 6 aliphatic rings. The summed E-state index contributed by atoms with van der Waals surface area (Å²) in [6, 6.07) is 0. The molecule has 1 heterocycles. The van der Waals surface area contributed by atoms with Crippen LogP contribution in [-0.2, 0) is 23.9 Å². The van der Waals surface area contributed by atoms with Gasteiger partial charge < -0.3 is 30.0 Å². The van der Waals surface area contributed by atoms with Gasteiger partial charge in [0.2, 0.25) is 5.91 Å². The SMILES string of the molecule is CC(C)C1=C2C3CCC4C(C)(CCC5C(C)(C)C(OC(=O)CC(C)(C)C=O)CCC54C)C3CCC2(C(O)CNCCCN2CCCC2=O)CC1=O.CO. The lowest BCUT2D eigenvalue weighted by Crippen LogP contribution is -2.63. The molecule has 0 bridgehead atoms. The van der Waals surface area contributed by atoms with Crippen LogP contribution in [0.1, 0.15) is 139 Å². The number of nitrogens with zero attached hydrogens (tertiary/aromatic N) is 1. The Morgan fingerprint density at radius 1 is 1.00 bits per heavy atom. The van der Waals surface area contributed by atoms with E-state index in [2.05, 4.69) is 46.9 Å². The maximum absolute atomic E-state index is 13.9. The molecule has 9 atom stereocenters. The molecule has 1 saturated heterocycles. The molecule has 1 aliphatic heterocycles. The molecule has 0 aromatic carbocycles. The predicted octanol–water partition coefficient (Wildman–Crippen LogP) is 6.68. The van der Waals surface area contributed by atoms with Gasteiger partial charge in [-0.05, 0) is 117 Å². The molecule has 0 aromatic heterocycles. The number of fused-ring (bicyclic) bond motifs is 7. The zero-order valence-corrected chi connectivity index (χ0v) is 34.5. The number of nitrogens with one attached hydrogen (secondary N) is 1. The molecule has 0 spiro atoms. The van der Waals surface area contributed by atoms with E-state index in [1.807, 2.05) is 4.90 Å². The Balaban J connectivity index is 0.00000266. The first-order chi connectivity index (χ1) is 24.9. The molecule has 9 unspecified atom stereocenters. The number of aliphatic hydroxyl groups excluding tert-OH is 2. The van der Waals surface area contributed by atoms with E-state index in [-0.39, 0.29) is 52.3 Å². The van der Waals surface area contributed by atoms with E-state index < -0.39 is 16.9 Å². The van der Waals surface area contributed by atoms with Crippen molar-refractivity contribution in [2.24, 2.45) is 56.7 Å². The third-order valence-corrected chi connectivity index (χ3v) is 15.7. The number of carbonyl (C=O) groups is 4. The fourth-order valence-corrected chi connectivity index (χ4v) is 13.3. The van der Waals surface area contributed by atoms with E-state index in [4.69, 9.17) is 9.84 Å². The van der Waals surface area contributed by atoms with Gasteiger partial charge in [0.1, 0.15) is 12.4 Å². The molecule has 0 aromatic rings. The third-order valence-electron chi connectivity index (χ3n) is 15.7. The van der Waals surface area contributed by atoms with E-state index in [0.29, 0.717) is 43.1 Å².